The van der Waals surface area contributed by atoms with E-state index in [2.05, 4.69) is 23.5 Å². The number of carbonyl (C=O) groups is 1. The zero-order chi connectivity index (χ0) is 25.3. The number of benzene rings is 2. The SMILES string of the molecule is N#CC1=C(c2ccc(C3CCCC3)cc2)CC2(CCc3cc(OCCCC(F)(F)F)ccc32)NC1=O. The van der Waals surface area contributed by atoms with Crippen LogP contribution in [0.15, 0.2) is 48.0 Å². The molecule has 1 unspecified atom stereocenters. The first-order chi connectivity index (χ1) is 17.3. The molecule has 36 heavy (non-hydrogen) atoms. The molecule has 1 N–H and O–H groups in total. The fraction of sp³-hybridized carbons (Fsp3) is 0.448. The normalized spacial score (nSPS) is 22.0. The third kappa shape index (κ3) is 4.86. The number of nitrogens with zero attached hydrogens (tertiary/aromatic N) is 1. The van der Waals surface area contributed by atoms with Crippen molar-refractivity contribution in [3.63, 3.8) is 0 Å². The zero-order valence-corrected chi connectivity index (χ0v) is 20.1. The van der Waals surface area contributed by atoms with Crippen molar-refractivity contribution in [2.24, 2.45) is 0 Å². The van der Waals surface area contributed by atoms with E-state index in [1.807, 2.05) is 24.3 Å². The number of rotatable bonds is 6. The first kappa shape index (κ1) is 24.4. The van der Waals surface area contributed by atoms with Crippen molar-refractivity contribution >= 4 is 11.5 Å². The van der Waals surface area contributed by atoms with Crippen molar-refractivity contribution < 1.29 is 22.7 Å². The molecule has 1 spiro atoms. The van der Waals surface area contributed by atoms with Gasteiger partial charge in [-0.2, -0.15) is 18.4 Å². The summed E-state index contributed by atoms with van der Waals surface area (Å²) in [7, 11) is 0. The minimum Gasteiger partial charge on any atom is -0.494 e. The highest BCUT2D eigenvalue weighted by Crippen LogP contribution is 2.47. The fourth-order valence-corrected chi connectivity index (χ4v) is 6.02. The molecule has 0 aromatic heterocycles. The van der Waals surface area contributed by atoms with Gasteiger partial charge in [-0.15, -0.1) is 0 Å². The second kappa shape index (κ2) is 9.65. The topological polar surface area (TPSA) is 62.1 Å². The van der Waals surface area contributed by atoms with Gasteiger partial charge in [0, 0.05) is 12.8 Å². The molecule has 188 valence electrons. The molecule has 1 heterocycles. The van der Waals surface area contributed by atoms with Crippen molar-refractivity contribution in [2.75, 3.05) is 6.61 Å². The van der Waals surface area contributed by atoms with E-state index in [9.17, 15) is 23.2 Å². The molecule has 1 aliphatic heterocycles. The van der Waals surface area contributed by atoms with Crippen LogP contribution in [0.2, 0.25) is 0 Å². The van der Waals surface area contributed by atoms with Crippen LogP contribution in [-0.4, -0.2) is 18.7 Å². The lowest BCUT2D eigenvalue weighted by Crippen LogP contribution is -2.48. The van der Waals surface area contributed by atoms with Gasteiger partial charge in [-0.25, -0.2) is 0 Å². The summed E-state index contributed by atoms with van der Waals surface area (Å²) >= 11 is 0. The molecule has 2 aliphatic carbocycles. The lowest BCUT2D eigenvalue weighted by Gasteiger charge is -2.37. The number of hydrogen-bond donors (Lipinski definition) is 1. The highest BCUT2D eigenvalue weighted by Gasteiger charge is 2.45. The molecule has 1 saturated carbocycles. The van der Waals surface area contributed by atoms with Gasteiger partial charge in [0.1, 0.15) is 17.4 Å². The summed E-state index contributed by atoms with van der Waals surface area (Å²) in [4.78, 5) is 13.1. The standard InChI is InChI=1S/C29H29F3N2O2/c30-29(31,32)13-3-15-36-23-10-11-26-22(16-23)12-14-28(26)17-24(25(18-33)27(35)34-28)21-8-6-20(7-9-21)19-4-1-2-5-19/h6-11,16,19H,1-5,12-15,17H2,(H,34,35). The molecule has 7 heteroatoms. The number of fused-ring (bicyclic) bond motifs is 2. The highest BCUT2D eigenvalue weighted by atomic mass is 19.4. The molecular formula is C29H29F3N2O2. The fourth-order valence-electron chi connectivity index (χ4n) is 6.02. The Bertz CT molecular complexity index is 1220. The van der Waals surface area contributed by atoms with Crippen LogP contribution in [-0.2, 0) is 16.8 Å². The summed E-state index contributed by atoms with van der Waals surface area (Å²) in [5.41, 5.74) is 4.53. The molecule has 1 amide bonds. The number of alkyl halides is 3. The Morgan fingerprint density at radius 2 is 1.86 bits per heavy atom. The maximum atomic E-state index is 13.1. The van der Waals surface area contributed by atoms with Crippen molar-refractivity contribution in [1.82, 2.24) is 5.32 Å². The average molecular weight is 495 g/mol. The minimum absolute atomic E-state index is 0.00452. The average Bonchev–Trinajstić information content (AvgIpc) is 3.50. The number of ether oxygens (including phenoxy) is 1. The van der Waals surface area contributed by atoms with Crippen LogP contribution >= 0.6 is 0 Å². The molecular weight excluding hydrogens is 465 g/mol. The van der Waals surface area contributed by atoms with Gasteiger partial charge in [0.15, 0.2) is 0 Å². The maximum Gasteiger partial charge on any atom is 0.389 e. The molecule has 4 nitrogen and oxygen atoms in total. The number of amides is 1. The predicted molar refractivity (Wildman–Crippen MR) is 130 cm³/mol. The number of aryl methyl sites for hydroxylation is 1. The first-order valence-electron chi connectivity index (χ1n) is 12.7. The Balaban J connectivity index is 1.36. The van der Waals surface area contributed by atoms with Gasteiger partial charge in [0.25, 0.3) is 5.91 Å². The molecule has 2 aromatic rings. The number of nitriles is 1. The smallest absolute Gasteiger partial charge is 0.389 e. The van der Waals surface area contributed by atoms with E-state index in [1.165, 1.54) is 31.2 Å². The quantitative estimate of drug-likeness (QED) is 0.455. The van der Waals surface area contributed by atoms with Crippen molar-refractivity contribution in [3.8, 4) is 11.8 Å². The molecule has 0 bridgehead atoms. The zero-order valence-electron chi connectivity index (χ0n) is 20.1. The third-order valence-corrected chi connectivity index (χ3v) is 7.84. The van der Waals surface area contributed by atoms with Crippen LogP contribution in [0, 0.1) is 11.3 Å². The maximum absolute atomic E-state index is 13.1. The van der Waals surface area contributed by atoms with Gasteiger partial charge in [0.2, 0.25) is 0 Å². The van der Waals surface area contributed by atoms with E-state index >= 15 is 0 Å². The molecule has 0 saturated heterocycles. The van der Waals surface area contributed by atoms with E-state index in [4.69, 9.17) is 4.74 Å². The summed E-state index contributed by atoms with van der Waals surface area (Å²) in [5, 5.41) is 12.9. The second-order valence-electron chi connectivity index (χ2n) is 10.2. The van der Waals surface area contributed by atoms with Gasteiger partial charge < -0.3 is 10.1 Å². The van der Waals surface area contributed by atoms with Crippen LogP contribution in [0.25, 0.3) is 5.57 Å². The summed E-state index contributed by atoms with van der Waals surface area (Å²) < 4.78 is 42.7. The molecule has 3 aliphatic rings. The van der Waals surface area contributed by atoms with E-state index in [0.29, 0.717) is 30.9 Å². The molecule has 2 aromatic carbocycles. The summed E-state index contributed by atoms with van der Waals surface area (Å²) in [6, 6.07) is 16.0. The largest absolute Gasteiger partial charge is 0.494 e. The highest BCUT2D eigenvalue weighted by molar-refractivity contribution is 6.07. The van der Waals surface area contributed by atoms with E-state index in [1.54, 1.807) is 6.07 Å². The number of halogens is 3. The number of hydrogen-bond acceptors (Lipinski definition) is 3. The van der Waals surface area contributed by atoms with Crippen molar-refractivity contribution in [3.05, 3.63) is 70.3 Å². The van der Waals surface area contributed by atoms with Gasteiger partial charge >= 0.3 is 6.18 Å². The van der Waals surface area contributed by atoms with Gasteiger partial charge in [-0.3, -0.25) is 4.79 Å². The lowest BCUT2D eigenvalue weighted by atomic mass is 9.78. The lowest BCUT2D eigenvalue weighted by molar-refractivity contribution is -0.136. The summed E-state index contributed by atoms with van der Waals surface area (Å²) in [5.74, 6) is 0.765. The Morgan fingerprint density at radius 1 is 1.11 bits per heavy atom. The monoisotopic (exact) mass is 494 g/mol. The van der Waals surface area contributed by atoms with E-state index in [0.717, 1.165) is 22.3 Å². The van der Waals surface area contributed by atoms with E-state index < -0.39 is 18.1 Å². The Hall–Kier alpha value is -3.27. The van der Waals surface area contributed by atoms with Gasteiger partial charge in [0.05, 0.1) is 12.1 Å². The Kier molecular flexibility index (Phi) is 6.55. The number of nitrogens with one attached hydrogen (secondary N) is 1. The van der Waals surface area contributed by atoms with Gasteiger partial charge in [-0.1, -0.05) is 43.2 Å². The van der Waals surface area contributed by atoms with Gasteiger partial charge in [-0.05, 0) is 78.0 Å². The van der Waals surface area contributed by atoms with Crippen LogP contribution in [0.4, 0.5) is 13.2 Å². The Labute approximate surface area is 209 Å². The van der Waals surface area contributed by atoms with Crippen LogP contribution in [0.3, 0.4) is 0 Å². The number of carbonyl (C=O) groups excluding carboxylic acids is 1. The molecule has 0 radical (unpaired) electrons. The Morgan fingerprint density at radius 3 is 2.56 bits per heavy atom. The molecule has 1 fully saturated rings. The predicted octanol–water partition coefficient (Wildman–Crippen LogP) is 6.70. The first-order valence-corrected chi connectivity index (χ1v) is 12.7. The van der Waals surface area contributed by atoms with E-state index in [-0.39, 0.29) is 24.5 Å². The summed E-state index contributed by atoms with van der Waals surface area (Å²) in [6.07, 6.45) is 1.72. The third-order valence-electron chi connectivity index (χ3n) is 7.84. The summed E-state index contributed by atoms with van der Waals surface area (Å²) in [6.45, 7) is -0.00452. The van der Waals surface area contributed by atoms with Crippen LogP contribution in [0.5, 0.6) is 5.75 Å². The van der Waals surface area contributed by atoms with Crippen LogP contribution < -0.4 is 10.1 Å². The minimum atomic E-state index is -4.18. The molecule has 5 rings (SSSR count). The second-order valence-corrected chi connectivity index (χ2v) is 10.2. The van der Waals surface area contributed by atoms with Crippen molar-refractivity contribution in [2.45, 2.75) is 75.4 Å². The van der Waals surface area contributed by atoms with Crippen LogP contribution in [0.1, 0.15) is 79.5 Å². The van der Waals surface area contributed by atoms with Crippen molar-refractivity contribution in [1.29, 1.82) is 5.26 Å². The molecule has 1 atom stereocenters.